The van der Waals surface area contributed by atoms with Gasteiger partial charge in [-0.3, -0.25) is 4.79 Å². The summed E-state index contributed by atoms with van der Waals surface area (Å²) in [6.07, 6.45) is 1.77. The first-order valence-corrected chi connectivity index (χ1v) is 4.83. The third-order valence-corrected chi connectivity index (χ3v) is 2.10. The van der Waals surface area contributed by atoms with Crippen LogP contribution in [0.2, 0.25) is 0 Å². The summed E-state index contributed by atoms with van der Waals surface area (Å²) in [7, 11) is 1.70. The highest BCUT2D eigenvalue weighted by Crippen LogP contribution is 2.22. The van der Waals surface area contributed by atoms with Crippen LogP contribution in [0, 0.1) is 0 Å². The fourth-order valence-corrected chi connectivity index (χ4v) is 1.44. The second-order valence-electron chi connectivity index (χ2n) is 3.10. The van der Waals surface area contributed by atoms with E-state index in [0.29, 0.717) is 5.75 Å². The monoisotopic (exact) mass is 245 g/mol. The molecule has 0 saturated carbocycles. The normalized spacial score (nSPS) is 10.5. The van der Waals surface area contributed by atoms with Gasteiger partial charge in [0.05, 0.1) is 10.6 Å². The van der Waals surface area contributed by atoms with Gasteiger partial charge in [-0.15, -0.1) is 0 Å². The van der Waals surface area contributed by atoms with Gasteiger partial charge < -0.3 is 9.30 Å². The Morgan fingerprint density at radius 1 is 1.54 bits per heavy atom. The van der Waals surface area contributed by atoms with E-state index < -0.39 is 0 Å². The van der Waals surface area contributed by atoms with Crippen molar-refractivity contribution < 1.29 is 4.74 Å². The summed E-state index contributed by atoms with van der Waals surface area (Å²) in [5.74, 6) is 0.595. The third-order valence-electron chi connectivity index (χ3n) is 1.51. The third kappa shape index (κ3) is 2.59. The van der Waals surface area contributed by atoms with E-state index in [1.165, 1.54) is 10.6 Å². The number of halogens is 1. The average molecular weight is 246 g/mol. The highest BCUT2D eigenvalue weighted by atomic mass is 79.9. The zero-order valence-electron chi connectivity index (χ0n) is 7.87. The maximum atomic E-state index is 11.2. The highest BCUT2D eigenvalue weighted by molar-refractivity contribution is 9.10. The molecule has 72 valence electrons. The lowest BCUT2D eigenvalue weighted by atomic mass is 10.4. The van der Waals surface area contributed by atoms with Crippen molar-refractivity contribution in [2.24, 2.45) is 7.05 Å². The molecule has 0 spiro atoms. The molecular formula is C9H12BrNO2. The Bertz CT molecular complexity index is 357. The Labute approximate surface area is 85.5 Å². The topological polar surface area (TPSA) is 31.2 Å². The van der Waals surface area contributed by atoms with Crippen LogP contribution in [0.3, 0.4) is 0 Å². The van der Waals surface area contributed by atoms with Crippen molar-refractivity contribution in [2.75, 3.05) is 0 Å². The van der Waals surface area contributed by atoms with Crippen LogP contribution in [0.5, 0.6) is 5.75 Å². The quantitative estimate of drug-likeness (QED) is 0.798. The minimum atomic E-state index is -0.0705. The van der Waals surface area contributed by atoms with Crippen LogP contribution in [0.1, 0.15) is 13.8 Å². The second kappa shape index (κ2) is 3.96. The molecular weight excluding hydrogens is 234 g/mol. The summed E-state index contributed by atoms with van der Waals surface area (Å²) in [4.78, 5) is 11.2. The number of hydrogen-bond donors (Lipinski definition) is 0. The van der Waals surface area contributed by atoms with Crippen molar-refractivity contribution in [3.8, 4) is 5.75 Å². The smallest absolute Gasteiger partial charge is 0.254 e. The number of hydrogen-bond acceptors (Lipinski definition) is 2. The van der Waals surface area contributed by atoms with Gasteiger partial charge in [-0.05, 0) is 29.8 Å². The fraction of sp³-hybridized carbons (Fsp3) is 0.444. The van der Waals surface area contributed by atoms with Crippen molar-refractivity contribution in [2.45, 2.75) is 20.0 Å². The predicted octanol–water partition coefficient (Wildman–Crippen LogP) is 1.94. The summed E-state index contributed by atoms with van der Waals surface area (Å²) in [6, 6.07) is 1.48. The number of aryl methyl sites for hydroxylation is 1. The molecule has 0 aliphatic heterocycles. The summed E-state index contributed by atoms with van der Waals surface area (Å²) in [5.41, 5.74) is -0.0705. The predicted molar refractivity (Wildman–Crippen MR) is 55.1 cm³/mol. The van der Waals surface area contributed by atoms with E-state index in [-0.39, 0.29) is 11.7 Å². The van der Waals surface area contributed by atoms with E-state index in [4.69, 9.17) is 4.74 Å². The molecule has 4 heteroatoms. The van der Waals surface area contributed by atoms with Gasteiger partial charge in [-0.1, -0.05) is 0 Å². The maximum absolute atomic E-state index is 11.2. The first kappa shape index (κ1) is 10.3. The highest BCUT2D eigenvalue weighted by Gasteiger charge is 2.05. The average Bonchev–Trinajstić information content (AvgIpc) is 1.99. The van der Waals surface area contributed by atoms with Gasteiger partial charge in [0.25, 0.3) is 5.56 Å². The Morgan fingerprint density at radius 2 is 2.15 bits per heavy atom. The van der Waals surface area contributed by atoms with E-state index in [1.807, 2.05) is 13.8 Å². The second-order valence-corrected chi connectivity index (χ2v) is 3.96. The molecule has 0 unspecified atom stereocenters. The SMILES string of the molecule is CC(C)Oc1cc(=O)n(C)cc1Br. The fourth-order valence-electron chi connectivity index (χ4n) is 0.924. The first-order chi connectivity index (χ1) is 6.00. The van der Waals surface area contributed by atoms with Crippen LogP contribution in [-0.2, 0) is 7.05 Å². The van der Waals surface area contributed by atoms with Crippen molar-refractivity contribution >= 4 is 15.9 Å². The zero-order valence-corrected chi connectivity index (χ0v) is 9.46. The molecule has 1 aromatic heterocycles. The van der Waals surface area contributed by atoms with Gasteiger partial charge in [0.2, 0.25) is 0 Å². The van der Waals surface area contributed by atoms with Crippen LogP contribution in [0.15, 0.2) is 21.5 Å². The number of nitrogens with zero attached hydrogens (tertiary/aromatic N) is 1. The lowest BCUT2D eigenvalue weighted by molar-refractivity contribution is 0.240. The summed E-state index contributed by atoms with van der Waals surface area (Å²) in [5, 5.41) is 0. The van der Waals surface area contributed by atoms with Gasteiger partial charge >= 0.3 is 0 Å². The maximum Gasteiger partial charge on any atom is 0.254 e. The molecule has 0 aliphatic rings. The van der Waals surface area contributed by atoms with Crippen LogP contribution in [-0.4, -0.2) is 10.7 Å². The van der Waals surface area contributed by atoms with Crippen molar-refractivity contribution in [1.29, 1.82) is 0 Å². The van der Waals surface area contributed by atoms with Crippen molar-refractivity contribution in [1.82, 2.24) is 4.57 Å². The Hall–Kier alpha value is -0.770. The summed E-state index contributed by atoms with van der Waals surface area (Å²) >= 11 is 3.33. The van der Waals surface area contributed by atoms with Crippen molar-refractivity contribution in [3.63, 3.8) is 0 Å². The molecule has 0 saturated heterocycles. The van der Waals surface area contributed by atoms with Crippen molar-refractivity contribution in [3.05, 3.63) is 27.1 Å². The molecule has 0 aliphatic carbocycles. The van der Waals surface area contributed by atoms with Gasteiger partial charge in [-0.25, -0.2) is 0 Å². The van der Waals surface area contributed by atoms with E-state index in [9.17, 15) is 4.79 Å². The molecule has 0 aromatic carbocycles. The largest absolute Gasteiger partial charge is 0.490 e. The molecule has 0 amide bonds. The Balaban J connectivity index is 3.09. The summed E-state index contributed by atoms with van der Waals surface area (Å²) in [6.45, 7) is 3.84. The molecule has 13 heavy (non-hydrogen) atoms. The molecule has 1 rings (SSSR count). The number of pyridine rings is 1. The molecule has 0 atom stereocenters. The lowest BCUT2D eigenvalue weighted by Crippen LogP contribution is -2.16. The van der Waals surface area contributed by atoms with E-state index in [0.717, 1.165) is 4.47 Å². The lowest BCUT2D eigenvalue weighted by Gasteiger charge is -2.11. The molecule has 1 heterocycles. The van der Waals surface area contributed by atoms with Crippen LogP contribution < -0.4 is 10.3 Å². The minimum Gasteiger partial charge on any atom is -0.490 e. The van der Waals surface area contributed by atoms with Gasteiger partial charge in [0.1, 0.15) is 5.75 Å². The van der Waals surface area contributed by atoms with E-state index in [2.05, 4.69) is 15.9 Å². The molecule has 3 nitrogen and oxygen atoms in total. The molecule has 0 fully saturated rings. The molecule has 0 bridgehead atoms. The van der Waals surface area contributed by atoms with E-state index >= 15 is 0 Å². The zero-order chi connectivity index (χ0) is 10.0. The summed E-state index contributed by atoms with van der Waals surface area (Å²) < 4.78 is 7.71. The molecule has 0 radical (unpaired) electrons. The number of aromatic nitrogens is 1. The van der Waals surface area contributed by atoms with Crippen LogP contribution >= 0.6 is 15.9 Å². The minimum absolute atomic E-state index is 0.0705. The Morgan fingerprint density at radius 3 is 2.69 bits per heavy atom. The Kier molecular flexibility index (Phi) is 3.14. The van der Waals surface area contributed by atoms with Gasteiger partial charge in [0, 0.05) is 19.3 Å². The molecule has 1 aromatic rings. The standard InChI is InChI=1S/C9H12BrNO2/c1-6(2)13-8-4-9(12)11(3)5-7(8)10/h4-6H,1-3H3. The van der Waals surface area contributed by atoms with Crippen LogP contribution in [0.25, 0.3) is 0 Å². The van der Waals surface area contributed by atoms with Crippen LogP contribution in [0.4, 0.5) is 0 Å². The molecule has 0 N–H and O–H groups in total. The van der Waals surface area contributed by atoms with E-state index in [1.54, 1.807) is 13.2 Å². The number of rotatable bonds is 2. The van der Waals surface area contributed by atoms with Gasteiger partial charge in [-0.2, -0.15) is 0 Å². The van der Waals surface area contributed by atoms with Gasteiger partial charge in [0.15, 0.2) is 0 Å². The first-order valence-electron chi connectivity index (χ1n) is 4.03. The number of ether oxygens (including phenoxy) is 1.